The summed E-state index contributed by atoms with van der Waals surface area (Å²) < 4.78 is 20.0. The van der Waals surface area contributed by atoms with Gasteiger partial charge in [-0.15, -0.1) is 0 Å². The van der Waals surface area contributed by atoms with Crippen LogP contribution in [-0.4, -0.2) is 68.3 Å². The molecule has 10 heteroatoms. The third kappa shape index (κ3) is 5.35. The second kappa shape index (κ2) is 9.55. The number of aliphatic hydroxyl groups is 1. The fraction of sp³-hybridized carbons (Fsp3) is 0.526. The molecule has 3 rings (SSSR count). The Morgan fingerprint density at radius 1 is 1.41 bits per heavy atom. The molecule has 0 saturated carbocycles. The number of carbonyl (C=O) groups is 2. The minimum absolute atomic E-state index is 0.0843. The normalized spacial score (nSPS) is 19.2. The first-order valence-electron chi connectivity index (χ1n) is 9.53. The molecule has 0 spiro atoms. The number of oxime groups is 1. The number of ether oxygens (including phenoxy) is 1. The highest BCUT2D eigenvalue weighted by Gasteiger charge is 2.33. The van der Waals surface area contributed by atoms with Gasteiger partial charge in [0.1, 0.15) is 18.5 Å². The van der Waals surface area contributed by atoms with Crippen LogP contribution in [0.4, 0.5) is 20.6 Å². The lowest BCUT2D eigenvalue weighted by Crippen LogP contribution is -2.35. The van der Waals surface area contributed by atoms with Crippen LogP contribution < -0.4 is 15.1 Å². The molecule has 0 aromatic heterocycles. The van der Waals surface area contributed by atoms with Gasteiger partial charge in [-0.1, -0.05) is 5.16 Å². The molecule has 0 bridgehead atoms. The number of cyclic esters (lactones) is 1. The highest BCUT2D eigenvalue weighted by atomic mass is 19.1. The third-order valence-electron chi connectivity index (χ3n) is 4.75. The summed E-state index contributed by atoms with van der Waals surface area (Å²) in [4.78, 5) is 31.4. The zero-order chi connectivity index (χ0) is 20.8. The van der Waals surface area contributed by atoms with Crippen molar-refractivity contribution in [1.82, 2.24) is 5.32 Å². The number of anilines is 2. The number of aliphatic hydroxyl groups excluding tert-OH is 1. The van der Waals surface area contributed by atoms with E-state index in [9.17, 15) is 14.0 Å². The largest absolute Gasteiger partial charge is 0.442 e. The SMILES string of the molecule is CC(=O)NCC1CN(c2ccc(N3CCC(=NOCCO)CC3)c(F)c2)C(=O)O1. The van der Waals surface area contributed by atoms with Gasteiger partial charge in [-0.05, 0) is 18.2 Å². The zero-order valence-corrected chi connectivity index (χ0v) is 16.3. The number of nitrogens with one attached hydrogen (secondary N) is 1. The van der Waals surface area contributed by atoms with Gasteiger partial charge in [0.2, 0.25) is 5.91 Å². The summed E-state index contributed by atoms with van der Waals surface area (Å²) in [5.74, 6) is -0.623. The van der Waals surface area contributed by atoms with Gasteiger partial charge in [-0.2, -0.15) is 0 Å². The first kappa shape index (κ1) is 20.8. The van der Waals surface area contributed by atoms with Gasteiger partial charge >= 0.3 is 6.09 Å². The Bertz CT molecular complexity index is 778. The van der Waals surface area contributed by atoms with E-state index in [0.717, 1.165) is 5.71 Å². The van der Waals surface area contributed by atoms with E-state index < -0.39 is 18.0 Å². The van der Waals surface area contributed by atoms with Gasteiger partial charge in [-0.25, -0.2) is 9.18 Å². The lowest BCUT2D eigenvalue weighted by Gasteiger charge is -2.30. The van der Waals surface area contributed by atoms with Crippen molar-refractivity contribution >= 4 is 29.1 Å². The van der Waals surface area contributed by atoms with Gasteiger partial charge in [0, 0.05) is 32.9 Å². The lowest BCUT2D eigenvalue weighted by atomic mass is 10.1. The van der Waals surface area contributed by atoms with Crippen molar-refractivity contribution in [3.8, 4) is 0 Å². The molecule has 1 unspecified atom stereocenters. The van der Waals surface area contributed by atoms with Crippen molar-refractivity contribution in [2.45, 2.75) is 25.9 Å². The lowest BCUT2D eigenvalue weighted by molar-refractivity contribution is -0.119. The van der Waals surface area contributed by atoms with Gasteiger partial charge < -0.3 is 24.9 Å². The molecule has 29 heavy (non-hydrogen) atoms. The maximum absolute atomic E-state index is 14.8. The van der Waals surface area contributed by atoms with Crippen molar-refractivity contribution in [1.29, 1.82) is 0 Å². The van der Waals surface area contributed by atoms with Gasteiger partial charge in [0.15, 0.2) is 0 Å². The molecule has 1 aromatic rings. The molecule has 2 N–H and O–H groups in total. The molecule has 0 radical (unpaired) electrons. The minimum Gasteiger partial charge on any atom is -0.442 e. The van der Waals surface area contributed by atoms with Gasteiger partial charge in [0.25, 0.3) is 0 Å². The first-order valence-corrected chi connectivity index (χ1v) is 9.53. The Labute approximate surface area is 168 Å². The highest BCUT2D eigenvalue weighted by molar-refractivity contribution is 5.90. The molecule has 2 fully saturated rings. The summed E-state index contributed by atoms with van der Waals surface area (Å²) in [7, 11) is 0. The zero-order valence-electron chi connectivity index (χ0n) is 16.3. The van der Waals surface area contributed by atoms with Crippen LogP contribution in [-0.2, 0) is 14.4 Å². The van der Waals surface area contributed by atoms with Crippen LogP contribution in [0.5, 0.6) is 0 Å². The van der Waals surface area contributed by atoms with E-state index in [4.69, 9.17) is 14.7 Å². The second-order valence-corrected chi connectivity index (χ2v) is 6.89. The number of nitrogens with zero attached hydrogens (tertiary/aromatic N) is 3. The van der Waals surface area contributed by atoms with E-state index in [-0.39, 0.29) is 32.2 Å². The molecule has 0 aliphatic carbocycles. The molecule has 2 saturated heterocycles. The number of benzene rings is 1. The maximum Gasteiger partial charge on any atom is 0.414 e. The van der Waals surface area contributed by atoms with Crippen molar-refractivity contribution in [3.63, 3.8) is 0 Å². The second-order valence-electron chi connectivity index (χ2n) is 6.89. The Morgan fingerprint density at radius 2 is 2.17 bits per heavy atom. The molecule has 1 atom stereocenters. The Kier molecular flexibility index (Phi) is 6.86. The number of hydrogen-bond donors (Lipinski definition) is 2. The van der Waals surface area contributed by atoms with Crippen LogP contribution in [0.1, 0.15) is 19.8 Å². The van der Waals surface area contributed by atoms with E-state index in [1.807, 2.05) is 4.90 Å². The summed E-state index contributed by atoms with van der Waals surface area (Å²) >= 11 is 0. The summed E-state index contributed by atoms with van der Waals surface area (Å²) in [6.07, 6.45) is 0.266. The average molecular weight is 408 g/mol. The molecule has 2 heterocycles. The molecule has 9 nitrogen and oxygen atoms in total. The van der Waals surface area contributed by atoms with Gasteiger partial charge in [-0.3, -0.25) is 9.69 Å². The van der Waals surface area contributed by atoms with Crippen molar-refractivity contribution in [3.05, 3.63) is 24.0 Å². The minimum atomic E-state index is -0.561. The summed E-state index contributed by atoms with van der Waals surface area (Å²) in [5, 5.41) is 15.3. The van der Waals surface area contributed by atoms with Crippen LogP contribution in [0, 0.1) is 5.82 Å². The number of rotatable bonds is 7. The highest BCUT2D eigenvalue weighted by Crippen LogP contribution is 2.29. The molecule has 2 amide bonds. The molecule has 158 valence electrons. The van der Waals surface area contributed by atoms with E-state index in [1.165, 1.54) is 17.9 Å². The van der Waals surface area contributed by atoms with Gasteiger partial charge in [0.05, 0.1) is 36.8 Å². The van der Waals surface area contributed by atoms with Crippen molar-refractivity contribution in [2.24, 2.45) is 5.16 Å². The predicted octanol–water partition coefficient (Wildman–Crippen LogP) is 1.25. The number of hydrogen-bond acceptors (Lipinski definition) is 7. The monoisotopic (exact) mass is 408 g/mol. The van der Waals surface area contributed by atoms with E-state index in [0.29, 0.717) is 37.3 Å². The molecule has 2 aliphatic rings. The third-order valence-corrected chi connectivity index (χ3v) is 4.75. The topological polar surface area (TPSA) is 104 Å². The number of amides is 2. The number of carbonyl (C=O) groups excluding carboxylic acids is 2. The van der Waals surface area contributed by atoms with Crippen LogP contribution in [0.15, 0.2) is 23.4 Å². The number of piperidine rings is 1. The van der Waals surface area contributed by atoms with E-state index in [1.54, 1.807) is 12.1 Å². The maximum atomic E-state index is 14.8. The van der Waals surface area contributed by atoms with Crippen LogP contribution in [0.3, 0.4) is 0 Å². The average Bonchev–Trinajstić information content (AvgIpc) is 3.08. The first-order chi connectivity index (χ1) is 14.0. The van der Waals surface area contributed by atoms with E-state index >= 15 is 0 Å². The Hall–Kier alpha value is -2.88. The molecular weight excluding hydrogens is 383 g/mol. The summed E-state index contributed by atoms with van der Waals surface area (Å²) in [6, 6.07) is 4.67. The quantitative estimate of drug-likeness (QED) is 0.520. The predicted molar refractivity (Wildman–Crippen MR) is 105 cm³/mol. The Balaban J connectivity index is 1.60. The van der Waals surface area contributed by atoms with Crippen LogP contribution in [0.25, 0.3) is 0 Å². The smallest absolute Gasteiger partial charge is 0.414 e. The van der Waals surface area contributed by atoms with Crippen LogP contribution >= 0.6 is 0 Å². The van der Waals surface area contributed by atoms with E-state index in [2.05, 4.69) is 10.5 Å². The summed E-state index contributed by atoms with van der Waals surface area (Å²) in [6.45, 7) is 3.13. The molecule has 2 aliphatic heterocycles. The fourth-order valence-electron chi connectivity index (χ4n) is 3.29. The standard InChI is InChI=1S/C19H25FN4O5/c1-13(26)21-11-16-12-24(19(27)29-16)15-2-3-18(17(20)10-15)23-6-4-14(5-7-23)22-28-9-8-25/h2-3,10,16,25H,4-9,11-12H2,1H3,(H,21,26). The van der Waals surface area contributed by atoms with Crippen LogP contribution in [0.2, 0.25) is 0 Å². The molecular formula is C19H25FN4O5. The van der Waals surface area contributed by atoms with Crippen molar-refractivity contribution in [2.75, 3.05) is 49.2 Å². The molecule has 1 aromatic carbocycles. The van der Waals surface area contributed by atoms with Crippen molar-refractivity contribution < 1.29 is 28.7 Å². The fourth-order valence-corrected chi connectivity index (χ4v) is 3.29. The Morgan fingerprint density at radius 3 is 2.83 bits per heavy atom. The summed E-state index contributed by atoms with van der Waals surface area (Å²) in [5.41, 5.74) is 1.77. The number of halogens is 1.